The molecule has 0 spiro atoms. The highest BCUT2D eigenvalue weighted by Gasteiger charge is 2.35. The number of carbonyl (C=O) groups is 1. The highest BCUT2D eigenvalue weighted by Crippen LogP contribution is 2.33. The Morgan fingerprint density at radius 2 is 2.18 bits per heavy atom. The maximum atomic E-state index is 12.2. The van der Waals surface area contributed by atoms with Gasteiger partial charge in [0, 0.05) is 0 Å². The average molecular weight is 263 g/mol. The molecule has 2 rings (SSSR count). The zero-order valence-corrected chi connectivity index (χ0v) is 8.80. The molecule has 0 aliphatic heterocycles. The summed E-state index contributed by atoms with van der Waals surface area (Å²) in [4.78, 5) is 11.4. The molecule has 0 atom stereocenters. The van der Waals surface area contributed by atoms with E-state index < -0.39 is 17.1 Å². The van der Waals surface area contributed by atoms with Crippen LogP contribution < -0.4 is 5.32 Å². The van der Waals surface area contributed by atoms with Crippen molar-refractivity contribution in [2.45, 2.75) is 6.18 Å². The topological polar surface area (TPSA) is 68.0 Å². The number of rotatable bonds is 2. The molecule has 9 heteroatoms. The number of aromatic nitrogens is 2. The maximum absolute atomic E-state index is 12.2. The van der Waals surface area contributed by atoms with Crippen molar-refractivity contribution in [2.75, 3.05) is 5.32 Å². The van der Waals surface area contributed by atoms with Gasteiger partial charge in [-0.3, -0.25) is 10.1 Å². The molecule has 90 valence electrons. The van der Waals surface area contributed by atoms with Gasteiger partial charge in [-0.15, -0.1) is 10.2 Å². The zero-order valence-electron chi connectivity index (χ0n) is 7.99. The first kappa shape index (κ1) is 11.6. The second-order valence-corrected chi connectivity index (χ2v) is 3.85. The maximum Gasteiger partial charge on any atom is 0.445 e. The van der Waals surface area contributed by atoms with Crippen molar-refractivity contribution in [3.63, 3.8) is 0 Å². The lowest BCUT2D eigenvalue weighted by Gasteiger charge is -1.98. The third kappa shape index (κ3) is 2.61. The van der Waals surface area contributed by atoms with E-state index in [-0.39, 0.29) is 22.0 Å². The molecule has 0 aliphatic carbocycles. The van der Waals surface area contributed by atoms with E-state index in [1.165, 1.54) is 18.6 Å². The second-order valence-electron chi connectivity index (χ2n) is 2.88. The minimum atomic E-state index is -4.56. The van der Waals surface area contributed by atoms with Crippen LogP contribution in [-0.4, -0.2) is 16.1 Å². The highest BCUT2D eigenvalue weighted by molar-refractivity contribution is 7.15. The molecule has 0 aliphatic rings. The van der Waals surface area contributed by atoms with Crippen LogP contribution in [0.2, 0.25) is 0 Å². The van der Waals surface area contributed by atoms with Gasteiger partial charge in [-0.1, -0.05) is 11.3 Å². The zero-order chi connectivity index (χ0) is 12.5. The summed E-state index contributed by atoms with van der Waals surface area (Å²) in [7, 11) is 0. The van der Waals surface area contributed by atoms with Gasteiger partial charge >= 0.3 is 6.18 Å². The second kappa shape index (κ2) is 4.17. The Labute approximate surface area is 96.3 Å². The molecule has 17 heavy (non-hydrogen) atoms. The molecule has 2 aromatic heterocycles. The van der Waals surface area contributed by atoms with Gasteiger partial charge in [-0.2, -0.15) is 13.2 Å². The summed E-state index contributed by atoms with van der Waals surface area (Å²) in [5.74, 6) is -0.608. The van der Waals surface area contributed by atoms with E-state index >= 15 is 0 Å². The largest absolute Gasteiger partial charge is 0.472 e. The van der Waals surface area contributed by atoms with Crippen LogP contribution in [0.3, 0.4) is 0 Å². The smallest absolute Gasteiger partial charge is 0.445 e. The van der Waals surface area contributed by atoms with Gasteiger partial charge in [-0.25, -0.2) is 0 Å². The quantitative estimate of drug-likeness (QED) is 0.903. The molecule has 2 heterocycles. The van der Waals surface area contributed by atoms with Gasteiger partial charge in [0.25, 0.3) is 5.91 Å². The Hall–Kier alpha value is -1.90. The van der Waals surface area contributed by atoms with Crippen LogP contribution in [0.4, 0.5) is 18.3 Å². The summed E-state index contributed by atoms with van der Waals surface area (Å²) in [6, 6.07) is 1.38. The third-order valence-corrected chi connectivity index (χ3v) is 2.55. The van der Waals surface area contributed by atoms with Crippen LogP contribution in [0.5, 0.6) is 0 Å². The van der Waals surface area contributed by atoms with E-state index in [2.05, 4.69) is 19.9 Å². The monoisotopic (exact) mass is 263 g/mol. The molecule has 0 fully saturated rings. The summed E-state index contributed by atoms with van der Waals surface area (Å²) >= 11 is 0.256. The van der Waals surface area contributed by atoms with Crippen molar-refractivity contribution >= 4 is 22.4 Å². The van der Waals surface area contributed by atoms with Crippen LogP contribution in [-0.2, 0) is 6.18 Å². The number of alkyl halides is 3. The summed E-state index contributed by atoms with van der Waals surface area (Å²) in [5.41, 5.74) is 0.189. The summed E-state index contributed by atoms with van der Waals surface area (Å²) < 4.78 is 41.2. The van der Waals surface area contributed by atoms with Crippen molar-refractivity contribution in [3.05, 3.63) is 29.2 Å². The fourth-order valence-electron chi connectivity index (χ4n) is 0.951. The number of hydrogen-bond donors (Lipinski definition) is 1. The number of nitrogens with zero attached hydrogens (tertiary/aromatic N) is 2. The fourth-order valence-corrected chi connectivity index (χ4v) is 1.56. The van der Waals surface area contributed by atoms with E-state index in [0.29, 0.717) is 0 Å². The number of furan rings is 1. The van der Waals surface area contributed by atoms with Gasteiger partial charge in [0.1, 0.15) is 6.26 Å². The molecule has 0 saturated carbocycles. The number of halogens is 3. The third-order valence-electron chi connectivity index (χ3n) is 1.67. The molecular weight excluding hydrogens is 259 g/mol. The van der Waals surface area contributed by atoms with Gasteiger partial charge in [0.2, 0.25) is 10.1 Å². The fraction of sp³-hybridized carbons (Fsp3) is 0.125. The molecule has 2 aromatic rings. The van der Waals surface area contributed by atoms with Crippen molar-refractivity contribution < 1.29 is 22.4 Å². The van der Waals surface area contributed by atoms with Gasteiger partial charge in [0.05, 0.1) is 11.8 Å². The van der Waals surface area contributed by atoms with Crippen molar-refractivity contribution in [1.29, 1.82) is 0 Å². The summed E-state index contributed by atoms with van der Waals surface area (Å²) in [6.45, 7) is 0. The first-order valence-electron chi connectivity index (χ1n) is 4.21. The van der Waals surface area contributed by atoms with Crippen LogP contribution >= 0.6 is 11.3 Å². The van der Waals surface area contributed by atoms with E-state index in [4.69, 9.17) is 0 Å². The first-order chi connectivity index (χ1) is 7.97. The first-order valence-corrected chi connectivity index (χ1v) is 5.03. The Kier molecular flexibility index (Phi) is 2.84. The van der Waals surface area contributed by atoms with Crippen LogP contribution in [0, 0.1) is 0 Å². The molecular formula is C8H4F3N3O2S. The average Bonchev–Trinajstić information content (AvgIpc) is 2.85. The number of anilines is 1. The Balaban J connectivity index is 2.10. The molecule has 0 aromatic carbocycles. The molecule has 1 amide bonds. The lowest BCUT2D eigenvalue weighted by atomic mass is 10.3. The molecule has 5 nitrogen and oxygen atoms in total. The number of hydrogen-bond acceptors (Lipinski definition) is 5. The predicted octanol–water partition coefficient (Wildman–Crippen LogP) is 2.40. The lowest BCUT2D eigenvalue weighted by molar-refractivity contribution is -0.138. The molecule has 0 saturated heterocycles. The number of amides is 1. The van der Waals surface area contributed by atoms with Gasteiger partial charge in [0.15, 0.2) is 0 Å². The SMILES string of the molecule is O=C(Nc1nnc(C(F)(F)F)s1)c1ccoc1. The molecule has 0 unspecified atom stereocenters. The minimum Gasteiger partial charge on any atom is -0.472 e. The summed E-state index contributed by atoms with van der Waals surface area (Å²) in [6.07, 6.45) is -2.12. The highest BCUT2D eigenvalue weighted by atomic mass is 32.1. The van der Waals surface area contributed by atoms with Crippen LogP contribution in [0.25, 0.3) is 0 Å². The van der Waals surface area contributed by atoms with E-state index in [1.54, 1.807) is 0 Å². The van der Waals surface area contributed by atoms with Crippen LogP contribution in [0.1, 0.15) is 15.4 Å². The number of carbonyl (C=O) groups excluding carboxylic acids is 1. The molecule has 1 N–H and O–H groups in total. The van der Waals surface area contributed by atoms with E-state index in [0.717, 1.165) is 0 Å². The summed E-state index contributed by atoms with van der Waals surface area (Å²) in [5, 5.41) is 7.00. The minimum absolute atomic E-state index is 0.189. The van der Waals surface area contributed by atoms with Gasteiger partial charge in [-0.05, 0) is 6.07 Å². The normalized spacial score (nSPS) is 11.5. The Bertz CT molecular complexity index is 520. The molecule has 0 bridgehead atoms. The Morgan fingerprint density at radius 1 is 1.41 bits per heavy atom. The predicted molar refractivity (Wildman–Crippen MR) is 51.6 cm³/mol. The van der Waals surface area contributed by atoms with Gasteiger partial charge < -0.3 is 4.42 Å². The van der Waals surface area contributed by atoms with Crippen molar-refractivity contribution in [2.24, 2.45) is 0 Å². The number of nitrogens with one attached hydrogen (secondary N) is 1. The standard InChI is InChI=1S/C8H4F3N3O2S/c9-8(10,11)6-13-14-7(17-6)12-5(15)4-1-2-16-3-4/h1-3H,(H,12,14,15). The lowest BCUT2D eigenvalue weighted by Crippen LogP contribution is -2.10. The van der Waals surface area contributed by atoms with Crippen LogP contribution in [0.15, 0.2) is 23.0 Å². The van der Waals surface area contributed by atoms with Crippen molar-refractivity contribution in [1.82, 2.24) is 10.2 Å². The van der Waals surface area contributed by atoms with E-state index in [9.17, 15) is 18.0 Å². The molecule has 0 radical (unpaired) electrons. The Morgan fingerprint density at radius 3 is 2.71 bits per heavy atom. The van der Waals surface area contributed by atoms with E-state index in [1.807, 2.05) is 0 Å². The van der Waals surface area contributed by atoms with Crippen molar-refractivity contribution in [3.8, 4) is 0 Å².